The van der Waals surface area contributed by atoms with Crippen molar-refractivity contribution < 1.29 is 0 Å². The van der Waals surface area contributed by atoms with Gasteiger partial charge in [0.2, 0.25) is 0 Å². The molecule has 0 aromatic carbocycles. The quantitative estimate of drug-likeness (QED) is 0.107. The lowest BCUT2D eigenvalue weighted by Gasteiger charge is -2.16. The van der Waals surface area contributed by atoms with Gasteiger partial charge in [-0.1, -0.05) is 168 Å². The Balaban J connectivity index is 3.13. The van der Waals surface area contributed by atoms with Gasteiger partial charge in [0.25, 0.3) is 0 Å². The SMILES string of the molecule is CCCCCCCCCCCCCCCN(C)CCCCCCCCCCCCCCC. The topological polar surface area (TPSA) is 3.24 Å². The van der Waals surface area contributed by atoms with E-state index in [9.17, 15) is 0 Å². The molecule has 0 saturated heterocycles. The van der Waals surface area contributed by atoms with Crippen LogP contribution in [-0.4, -0.2) is 25.0 Å². The van der Waals surface area contributed by atoms with Crippen LogP contribution in [0.25, 0.3) is 0 Å². The van der Waals surface area contributed by atoms with Crippen LogP contribution in [0.15, 0.2) is 0 Å². The van der Waals surface area contributed by atoms with Crippen LogP contribution in [0, 0.1) is 0 Å². The van der Waals surface area contributed by atoms with Gasteiger partial charge in [0.1, 0.15) is 0 Å². The minimum Gasteiger partial charge on any atom is -0.306 e. The first-order valence-electron chi connectivity index (χ1n) is 15.5. The maximum absolute atomic E-state index is 2.58. The van der Waals surface area contributed by atoms with Crippen molar-refractivity contribution in [2.75, 3.05) is 20.1 Å². The highest BCUT2D eigenvalue weighted by Crippen LogP contribution is 2.14. The van der Waals surface area contributed by atoms with Gasteiger partial charge in [0.15, 0.2) is 0 Å². The van der Waals surface area contributed by atoms with Crippen molar-refractivity contribution in [3.8, 4) is 0 Å². The molecule has 194 valence electrons. The zero-order valence-electron chi connectivity index (χ0n) is 23.2. The largest absolute Gasteiger partial charge is 0.306 e. The predicted molar refractivity (Wildman–Crippen MR) is 149 cm³/mol. The van der Waals surface area contributed by atoms with E-state index in [0.717, 1.165) is 0 Å². The van der Waals surface area contributed by atoms with Gasteiger partial charge < -0.3 is 4.90 Å². The Morgan fingerprint density at radius 3 is 0.688 bits per heavy atom. The summed E-state index contributed by atoms with van der Waals surface area (Å²) in [5.41, 5.74) is 0. The minimum atomic E-state index is 1.32. The van der Waals surface area contributed by atoms with Crippen molar-refractivity contribution in [2.45, 2.75) is 181 Å². The van der Waals surface area contributed by atoms with Crippen molar-refractivity contribution in [1.82, 2.24) is 4.90 Å². The molecular formula is C31H65N. The van der Waals surface area contributed by atoms with E-state index in [-0.39, 0.29) is 0 Å². The van der Waals surface area contributed by atoms with E-state index in [1.54, 1.807) is 0 Å². The van der Waals surface area contributed by atoms with Gasteiger partial charge in [-0.15, -0.1) is 0 Å². The molecule has 0 aromatic heterocycles. The molecular weight excluding hydrogens is 386 g/mol. The minimum absolute atomic E-state index is 1.32. The molecule has 0 fully saturated rings. The fourth-order valence-electron chi connectivity index (χ4n) is 4.91. The number of hydrogen-bond acceptors (Lipinski definition) is 1. The molecule has 1 nitrogen and oxygen atoms in total. The summed E-state index contributed by atoms with van der Waals surface area (Å²) in [6.07, 6.45) is 37.8. The number of hydrogen-bond donors (Lipinski definition) is 0. The molecule has 0 rings (SSSR count). The first-order valence-corrected chi connectivity index (χ1v) is 15.5. The van der Waals surface area contributed by atoms with Gasteiger partial charge in [-0.05, 0) is 33.0 Å². The van der Waals surface area contributed by atoms with Gasteiger partial charge in [-0.3, -0.25) is 0 Å². The molecule has 0 aromatic rings. The van der Waals surface area contributed by atoms with Crippen LogP contribution in [0.3, 0.4) is 0 Å². The zero-order chi connectivity index (χ0) is 23.4. The number of rotatable bonds is 28. The maximum atomic E-state index is 2.58. The summed E-state index contributed by atoms with van der Waals surface area (Å²) in [7, 11) is 2.33. The van der Waals surface area contributed by atoms with Crippen molar-refractivity contribution in [3.05, 3.63) is 0 Å². The summed E-state index contributed by atoms with van der Waals surface area (Å²) in [5.74, 6) is 0. The van der Waals surface area contributed by atoms with Crippen molar-refractivity contribution in [1.29, 1.82) is 0 Å². The van der Waals surface area contributed by atoms with Gasteiger partial charge in [0, 0.05) is 0 Å². The lowest BCUT2D eigenvalue weighted by atomic mass is 10.0. The highest BCUT2D eigenvalue weighted by Gasteiger charge is 1.99. The second-order valence-corrected chi connectivity index (χ2v) is 10.8. The highest BCUT2D eigenvalue weighted by atomic mass is 15.1. The van der Waals surface area contributed by atoms with Crippen LogP contribution < -0.4 is 0 Å². The Hall–Kier alpha value is -0.0400. The Labute approximate surface area is 205 Å². The third-order valence-corrected chi connectivity index (χ3v) is 7.29. The molecule has 0 atom stereocenters. The lowest BCUT2D eigenvalue weighted by Crippen LogP contribution is -2.20. The fraction of sp³-hybridized carbons (Fsp3) is 1.00. The zero-order valence-corrected chi connectivity index (χ0v) is 23.2. The molecule has 1 heteroatoms. The van der Waals surface area contributed by atoms with Gasteiger partial charge >= 0.3 is 0 Å². The molecule has 0 amide bonds. The second kappa shape index (κ2) is 29.0. The smallest absolute Gasteiger partial charge is 0.00218 e. The molecule has 0 saturated carbocycles. The molecule has 0 aliphatic rings. The maximum Gasteiger partial charge on any atom is -0.00218 e. The van der Waals surface area contributed by atoms with E-state index < -0.39 is 0 Å². The van der Waals surface area contributed by atoms with Gasteiger partial charge in [-0.25, -0.2) is 0 Å². The van der Waals surface area contributed by atoms with E-state index in [1.807, 2.05) is 0 Å². The molecule has 0 radical (unpaired) electrons. The second-order valence-electron chi connectivity index (χ2n) is 10.8. The van der Waals surface area contributed by atoms with Crippen LogP contribution in [0.1, 0.15) is 181 Å². The molecule has 0 unspecified atom stereocenters. The Kier molecular flexibility index (Phi) is 29.0. The molecule has 0 bridgehead atoms. The van der Waals surface area contributed by atoms with E-state index >= 15 is 0 Å². The third kappa shape index (κ3) is 28.0. The highest BCUT2D eigenvalue weighted by molar-refractivity contribution is 4.55. The third-order valence-electron chi connectivity index (χ3n) is 7.29. The van der Waals surface area contributed by atoms with Gasteiger partial charge in [0.05, 0.1) is 0 Å². The average molecular weight is 452 g/mol. The summed E-state index contributed by atoms with van der Waals surface area (Å²) in [6, 6.07) is 0. The van der Waals surface area contributed by atoms with Crippen molar-refractivity contribution >= 4 is 0 Å². The summed E-state index contributed by atoms with van der Waals surface area (Å²) in [6.45, 7) is 7.24. The van der Waals surface area contributed by atoms with Crippen LogP contribution in [0.4, 0.5) is 0 Å². The van der Waals surface area contributed by atoms with Crippen molar-refractivity contribution in [3.63, 3.8) is 0 Å². The van der Waals surface area contributed by atoms with Crippen LogP contribution >= 0.6 is 0 Å². The van der Waals surface area contributed by atoms with Crippen molar-refractivity contribution in [2.24, 2.45) is 0 Å². The van der Waals surface area contributed by atoms with Crippen LogP contribution in [0.2, 0.25) is 0 Å². The van der Waals surface area contributed by atoms with E-state index in [0.29, 0.717) is 0 Å². The fourth-order valence-corrected chi connectivity index (χ4v) is 4.91. The average Bonchev–Trinajstić information content (AvgIpc) is 2.80. The molecule has 32 heavy (non-hydrogen) atoms. The summed E-state index contributed by atoms with van der Waals surface area (Å²) in [4.78, 5) is 2.58. The van der Waals surface area contributed by atoms with E-state index in [2.05, 4.69) is 25.8 Å². The lowest BCUT2D eigenvalue weighted by molar-refractivity contribution is 0.314. The number of unbranched alkanes of at least 4 members (excludes halogenated alkanes) is 24. The molecule has 0 aliphatic heterocycles. The summed E-state index contributed by atoms with van der Waals surface area (Å²) < 4.78 is 0. The van der Waals surface area contributed by atoms with E-state index in [1.165, 1.54) is 180 Å². The monoisotopic (exact) mass is 452 g/mol. The summed E-state index contributed by atoms with van der Waals surface area (Å²) >= 11 is 0. The van der Waals surface area contributed by atoms with Crippen LogP contribution in [0.5, 0.6) is 0 Å². The molecule has 0 spiro atoms. The Bertz CT molecular complexity index is 284. The Morgan fingerprint density at radius 2 is 0.469 bits per heavy atom. The molecule has 0 heterocycles. The summed E-state index contributed by atoms with van der Waals surface area (Å²) in [5, 5.41) is 0. The first kappa shape index (κ1) is 32.0. The van der Waals surface area contributed by atoms with Gasteiger partial charge in [-0.2, -0.15) is 0 Å². The number of nitrogens with zero attached hydrogens (tertiary/aromatic N) is 1. The predicted octanol–water partition coefficient (Wildman–Crippen LogP) is 11.1. The Morgan fingerprint density at radius 1 is 0.281 bits per heavy atom. The normalized spacial score (nSPS) is 11.6. The standard InChI is InChI=1S/C31H65N/c1-4-6-8-10-12-14-16-18-20-22-24-26-28-30-32(3)31-29-27-25-23-21-19-17-15-13-11-9-7-5-2/h4-31H2,1-3H3. The van der Waals surface area contributed by atoms with E-state index in [4.69, 9.17) is 0 Å². The molecule has 0 aliphatic carbocycles. The first-order chi connectivity index (χ1) is 15.8. The van der Waals surface area contributed by atoms with Crippen LogP contribution in [-0.2, 0) is 0 Å². The molecule has 0 N–H and O–H groups in total.